The second kappa shape index (κ2) is 6.34. The van der Waals surface area contributed by atoms with Gasteiger partial charge in [-0.2, -0.15) is 5.10 Å². The van der Waals surface area contributed by atoms with Crippen molar-refractivity contribution in [1.29, 1.82) is 0 Å². The van der Waals surface area contributed by atoms with Crippen LogP contribution < -0.4 is 5.73 Å². The molecule has 6 heteroatoms. The van der Waals surface area contributed by atoms with Gasteiger partial charge in [-0.15, -0.1) is 0 Å². The van der Waals surface area contributed by atoms with Crippen LogP contribution in [0.3, 0.4) is 0 Å². The number of rotatable bonds is 3. The minimum atomic E-state index is -0.0209. The lowest BCUT2D eigenvalue weighted by molar-refractivity contribution is 0.447. The van der Waals surface area contributed by atoms with Crippen molar-refractivity contribution < 1.29 is 10.2 Å². The first-order valence-corrected chi connectivity index (χ1v) is 9.28. The molecule has 4 aromatic rings. The smallest absolute Gasteiger partial charge is 0.153 e. The highest BCUT2D eigenvalue weighted by Gasteiger charge is 2.20. The van der Waals surface area contributed by atoms with E-state index in [-0.39, 0.29) is 11.5 Å². The van der Waals surface area contributed by atoms with E-state index < -0.39 is 0 Å². The van der Waals surface area contributed by atoms with Crippen LogP contribution in [0.15, 0.2) is 30.3 Å². The summed E-state index contributed by atoms with van der Waals surface area (Å²) < 4.78 is 2.17. The van der Waals surface area contributed by atoms with Gasteiger partial charge in [0.15, 0.2) is 5.82 Å². The molecule has 0 saturated carbocycles. The quantitative estimate of drug-likeness (QED) is 0.425. The second-order valence-electron chi connectivity index (χ2n) is 7.21. The van der Waals surface area contributed by atoms with Crippen LogP contribution in [0.25, 0.3) is 33.3 Å². The molecule has 0 spiro atoms. The van der Waals surface area contributed by atoms with E-state index in [9.17, 15) is 10.2 Å². The van der Waals surface area contributed by atoms with E-state index in [2.05, 4.69) is 47.8 Å². The number of fused-ring (bicyclic) bond motifs is 1. The number of hydrogen-bond donors (Lipinski definition) is 4. The number of phenolic OH excluding ortho intramolecular Hbond substituents is 2. The summed E-state index contributed by atoms with van der Waals surface area (Å²) in [6, 6.07) is 9.35. The van der Waals surface area contributed by atoms with Crippen molar-refractivity contribution in [2.75, 3.05) is 5.73 Å². The fourth-order valence-electron chi connectivity index (χ4n) is 3.86. The molecule has 0 fully saturated rings. The Hall–Kier alpha value is -3.41. The third kappa shape index (κ3) is 2.52. The van der Waals surface area contributed by atoms with E-state index in [1.165, 1.54) is 17.3 Å². The average molecular weight is 376 g/mol. The molecule has 2 aromatic heterocycles. The molecule has 0 aliphatic heterocycles. The SMILES string of the molecule is CCc1cc(-c2[nH]nc(N)c2-c2ccc3c(c2)c(C)c(C)n3C)c(O)cc1O. The lowest BCUT2D eigenvalue weighted by Crippen LogP contribution is -1.92. The largest absolute Gasteiger partial charge is 0.508 e. The number of anilines is 1. The minimum absolute atomic E-state index is 0.0209. The number of nitrogen functional groups attached to an aromatic ring is 1. The van der Waals surface area contributed by atoms with Crippen molar-refractivity contribution in [1.82, 2.24) is 14.8 Å². The number of aromatic nitrogens is 3. The fourth-order valence-corrected chi connectivity index (χ4v) is 3.86. The highest BCUT2D eigenvalue weighted by molar-refractivity contribution is 5.95. The number of phenols is 2. The van der Waals surface area contributed by atoms with E-state index in [0.29, 0.717) is 23.5 Å². The van der Waals surface area contributed by atoms with E-state index in [4.69, 9.17) is 5.73 Å². The molecule has 0 atom stereocenters. The van der Waals surface area contributed by atoms with Crippen LogP contribution in [0.2, 0.25) is 0 Å². The van der Waals surface area contributed by atoms with Crippen molar-refractivity contribution in [3.05, 3.63) is 47.2 Å². The number of nitrogens with two attached hydrogens (primary N) is 1. The Bertz CT molecular complexity index is 1220. The predicted molar refractivity (Wildman–Crippen MR) is 113 cm³/mol. The summed E-state index contributed by atoms with van der Waals surface area (Å²) in [6.07, 6.45) is 0.645. The summed E-state index contributed by atoms with van der Waals surface area (Å²) in [5.41, 5.74) is 13.4. The zero-order valence-corrected chi connectivity index (χ0v) is 16.5. The van der Waals surface area contributed by atoms with Gasteiger partial charge in [0.2, 0.25) is 0 Å². The Morgan fingerprint density at radius 3 is 2.57 bits per heavy atom. The van der Waals surface area contributed by atoms with Crippen molar-refractivity contribution >= 4 is 16.7 Å². The van der Waals surface area contributed by atoms with Gasteiger partial charge in [0.05, 0.1) is 11.3 Å². The molecule has 6 nitrogen and oxygen atoms in total. The van der Waals surface area contributed by atoms with Gasteiger partial charge in [-0.05, 0) is 55.2 Å². The van der Waals surface area contributed by atoms with Crippen molar-refractivity contribution in [3.63, 3.8) is 0 Å². The maximum absolute atomic E-state index is 10.4. The van der Waals surface area contributed by atoms with Crippen LogP contribution in [0.5, 0.6) is 11.5 Å². The molecule has 0 amide bonds. The number of aryl methyl sites for hydroxylation is 3. The lowest BCUT2D eigenvalue weighted by atomic mass is 9.96. The van der Waals surface area contributed by atoms with Crippen LogP contribution in [0.4, 0.5) is 5.82 Å². The normalized spacial score (nSPS) is 11.4. The molecule has 0 saturated heterocycles. The second-order valence-corrected chi connectivity index (χ2v) is 7.21. The maximum Gasteiger partial charge on any atom is 0.153 e. The molecule has 0 aliphatic rings. The lowest BCUT2D eigenvalue weighted by Gasteiger charge is -2.10. The van der Waals surface area contributed by atoms with E-state index in [0.717, 1.165) is 27.6 Å². The topological polar surface area (TPSA) is 100 Å². The highest BCUT2D eigenvalue weighted by atomic mass is 16.3. The Labute approximate surface area is 163 Å². The summed E-state index contributed by atoms with van der Waals surface area (Å²) in [5, 5.41) is 28.8. The monoisotopic (exact) mass is 376 g/mol. The molecule has 0 aliphatic carbocycles. The summed E-state index contributed by atoms with van der Waals surface area (Å²) in [6.45, 7) is 6.17. The van der Waals surface area contributed by atoms with E-state index >= 15 is 0 Å². The maximum atomic E-state index is 10.4. The number of nitrogens with zero attached hydrogens (tertiary/aromatic N) is 2. The van der Waals surface area contributed by atoms with Gasteiger partial charge < -0.3 is 20.5 Å². The molecule has 0 radical (unpaired) electrons. The first-order chi connectivity index (χ1) is 13.3. The van der Waals surface area contributed by atoms with Crippen LogP contribution in [-0.4, -0.2) is 25.0 Å². The van der Waals surface area contributed by atoms with Crippen LogP contribution in [0.1, 0.15) is 23.7 Å². The standard InChI is InChI=1S/C22H24N4O2/c1-5-13-8-16(19(28)10-18(13)27)21-20(22(23)25-24-21)14-6-7-17-15(9-14)11(2)12(3)26(17)4/h6-10,27-28H,5H2,1-4H3,(H3,23,24,25). The number of nitrogens with one attached hydrogen (secondary N) is 1. The molecule has 5 N–H and O–H groups in total. The molecular weight excluding hydrogens is 352 g/mol. The number of H-pyrrole nitrogens is 1. The molecule has 0 unspecified atom stereocenters. The van der Waals surface area contributed by atoms with Gasteiger partial charge >= 0.3 is 0 Å². The zero-order valence-electron chi connectivity index (χ0n) is 16.5. The number of benzene rings is 2. The molecule has 0 bridgehead atoms. The fraction of sp³-hybridized carbons (Fsp3) is 0.227. The molecule has 144 valence electrons. The number of aromatic amines is 1. The third-order valence-electron chi connectivity index (χ3n) is 5.74. The highest BCUT2D eigenvalue weighted by Crippen LogP contribution is 2.42. The molecule has 2 heterocycles. The Balaban J connectivity index is 1.96. The van der Waals surface area contributed by atoms with Gasteiger partial charge in [-0.1, -0.05) is 13.0 Å². The first-order valence-electron chi connectivity index (χ1n) is 9.28. The summed E-state index contributed by atoms with van der Waals surface area (Å²) in [7, 11) is 2.06. The van der Waals surface area contributed by atoms with Crippen molar-refractivity contribution in [2.45, 2.75) is 27.2 Å². The van der Waals surface area contributed by atoms with Crippen LogP contribution >= 0.6 is 0 Å². The third-order valence-corrected chi connectivity index (χ3v) is 5.74. The van der Waals surface area contributed by atoms with Crippen molar-refractivity contribution in [2.24, 2.45) is 7.05 Å². The molecule has 2 aromatic carbocycles. The minimum Gasteiger partial charge on any atom is -0.508 e. The van der Waals surface area contributed by atoms with E-state index in [1.54, 1.807) is 6.07 Å². The van der Waals surface area contributed by atoms with Gasteiger partial charge in [0.25, 0.3) is 0 Å². The Morgan fingerprint density at radius 2 is 1.86 bits per heavy atom. The van der Waals surface area contributed by atoms with E-state index in [1.807, 2.05) is 13.0 Å². The first kappa shape index (κ1) is 18.0. The Kier molecular flexibility index (Phi) is 4.07. The zero-order chi connectivity index (χ0) is 20.2. The number of aromatic hydroxyl groups is 2. The van der Waals surface area contributed by atoms with Gasteiger partial charge in [-0.25, -0.2) is 0 Å². The summed E-state index contributed by atoms with van der Waals surface area (Å²) >= 11 is 0. The predicted octanol–water partition coefficient (Wildman–Crippen LogP) is 4.41. The van der Waals surface area contributed by atoms with Crippen LogP contribution in [-0.2, 0) is 13.5 Å². The molecular formula is C22H24N4O2. The molecule has 4 rings (SSSR count). The Morgan fingerprint density at radius 1 is 1.11 bits per heavy atom. The average Bonchev–Trinajstić information content (AvgIpc) is 3.15. The summed E-state index contributed by atoms with van der Waals surface area (Å²) in [4.78, 5) is 0. The van der Waals surface area contributed by atoms with Crippen molar-refractivity contribution in [3.8, 4) is 33.9 Å². The van der Waals surface area contributed by atoms with Gasteiger partial charge in [0, 0.05) is 35.3 Å². The number of hydrogen-bond acceptors (Lipinski definition) is 4. The van der Waals surface area contributed by atoms with Gasteiger partial charge in [0.1, 0.15) is 11.5 Å². The van der Waals surface area contributed by atoms with Crippen LogP contribution in [0, 0.1) is 13.8 Å². The van der Waals surface area contributed by atoms with Gasteiger partial charge in [-0.3, -0.25) is 5.10 Å². The summed E-state index contributed by atoms with van der Waals surface area (Å²) in [5.74, 6) is 0.423. The molecule has 28 heavy (non-hydrogen) atoms.